The maximum Gasteiger partial charge on any atom is 0.271 e. The Morgan fingerprint density at radius 3 is 2.86 bits per heavy atom. The van der Waals surface area contributed by atoms with E-state index in [9.17, 15) is 14.9 Å². The van der Waals surface area contributed by atoms with Crippen LogP contribution in [-0.4, -0.2) is 15.8 Å². The topological polar surface area (TPSA) is 98.3 Å². The van der Waals surface area contributed by atoms with Gasteiger partial charge in [-0.05, 0) is 24.3 Å². The van der Waals surface area contributed by atoms with E-state index in [4.69, 9.17) is 4.42 Å². The fourth-order valence-electron chi connectivity index (χ4n) is 2.08. The molecule has 0 atom stereocenters. The average molecular weight is 297 g/mol. The van der Waals surface area contributed by atoms with Crippen LogP contribution in [0.2, 0.25) is 0 Å². The van der Waals surface area contributed by atoms with E-state index in [1.807, 2.05) is 0 Å². The van der Waals surface area contributed by atoms with Crippen LogP contribution in [-0.2, 0) is 0 Å². The quantitative estimate of drug-likeness (QED) is 0.590. The van der Waals surface area contributed by atoms with Crippen molar-refractivity contribution in [1.82, 2.24) is 4.98 Å². The number of nitro groups is 1. The van der Waals surface area contributed by atoms with Crippen LogP contribution in [0.3, 0.4) is 0 Å². The third-order valence-corrected chi connectivity index (χ3v) is 3.07. The van der Waals surface area contributed by atoms with Crippen LogP contribution in [0.1, 0.15) is 16.2 Å². The highest BCUT2D eigenvalue weighted by Gasteiger charge is 2.11. The zero-order chi connectivity index (χ0) is 15.7. The number of fused-ring (bicyclic) bond motifs is 1. The molecular formula is C15H11N3O4. The number of benzene rings is 2. The van der Waals surface area contributed by atoms with E-state index in [1.54, 1.807) is 31.2 Å². The van der Waals surface area contributed by atoms with Crippen LogP contribution in [0, 0.1) is 17.0 Å². The molecule has 1 aromatic heterocycles. The summed E-state index contributed by atoms with van der Waals surface area (Å²) in [6.07, 6.45) is 0. The second-order valence-corrected chi connectivity index (χ2v) is 4.68. The lowest BCUT2D eigenvalue weighted by molar-refractivity contribution is -0.384. The minimum Gasteiger partial charge on any atom is -0.441 e. The predicted molar refractivity (Wildman–Crippen MR) is 79.8 cm³/mol. The zero-order valence-electron chi connectivity index (χ0n) is 11.6. The fourth-order valence-corrected chi connectivity index (χ4v) is 2.08. The number of amides is 1. The van der Waals surface area contributed by atoms with Gasteiger partial charge in [-0.1, -0.05) is 6.07 Å². The van der Waals surface area contributed by atoms with Crippen molar-refractivity contribution >= 4 is 28.4 Å². The van der Waals surface area contributed by atoms with Crippen molar-refractivity contribution in [2.75, 3.05) is 5.32 Å². The standard InChI is InChI=1S/C15H11N3O4/c1-9-16-13-7-10(5-6-14(13)22-9)15(19)17-11-3-2-4-12(8-11)18(20)21/h2-8H,1H3,(H,17,19). The van der Waals surface area contributed by atoms with Crippen LogP contribution in [0.4, 0.5) is 11.4 Å². The van der Waals surface area contributed by atoms with E-state index in [2.05, 4.69) is 10.3 Å². The number of anilines is 1. The summed E-state index contributed by atoms with van der Waals surface area (Å²) in [6.45, 7) is 1.73. The lowest BCUT2D eigenvalue weighted by Crippen LogP contribution is -2.11. The summed E-state index contributed by atoms with van der Waals surface area (Å²) in [5, 5.41) is 13.4. The monoisotopic (exact) mass is 297 g/mol. The van der Waals surface area contributed by atoms with Gasteiger partial charge in [0.25, 0.3) is 11.6 Å². The molecule has 0 saturated carbocycles. The first-order chi connectivity index (χ1) is 10.5. The van der Waals surface area contributed by atoms with Crippen LogP contribution in [0.15, 0.2) is 46.9 Å². The molecule has 1 amide bonds. The molecule has 1 heterocycles. The highest BCUT2D eigenvalue weighted by Crippen LogP contribution is 2.20. The summed E-state index contributed by atoms with van der Waals surface area (Å²) in [7, 11) is 0. The van der Waals surface area contributed by atoms with Crippen molar-refractivity contribution in [1.29, 1.82) is 0 Å². The maximum atomic E-state index is 12.2. The Bertz CT molecular complexity index is 885. The van der Waals surface area contributed by atoms with Crippen molar-refractivity contribution in [3.05, 3.63) is 64.0 Å². The SMILES string of the molecule is Cc1nc2cc(C(=O)Nc3cccc([N+](=O)[O-])c3)ccc2o1. The summed E-state index contributed by atoms with van der Waals surface area (Å²) >= 11 is 0. The lowest BCUT2D eigenvalue weighted by Gasteiger charge is -2.04. The number of hydrogen-bond acceptors (Lipinski definition) is 5. The van der Waals surface area contributed by atoms with Gasteiger partial charge in [0.1, 0.15) is 5.52 Å². The van der Waals surface area contributed by atoms with Gasteiger partial charge in [-0.25, -0.2) is 4.98 Å². The summed E-state index contributed by atoms with van der Waals surface area (Å²) in [6, 6.07) is 10.6. The Kier molecular flexibility index (Phi) is 3.30. The van der Waals surface area contributed by atoms with Gasteiger partial charge in [0, 0.05) is 30.3 Å². The fraction of sp³-hybridized carbons (Fsp3) is 0.0667. The number of carbonyl (C=O) groups is 1. The molecule has 0 fully saturated rings. The van der Waals surface area contributed by atoms with Crippen LogP contribution in [0.25, 0.3) is 11.1 Å². The number of carbonyl (C=O) groups excluding carboxylic acids is 1. The van der Waals surface area contributed by atoms with Crippen molar-refractivity contribution < 1.29 is 14.1 Å². The van der Waals surface area contributed by atoms with Gasteiger partial charge in [-0.15, -0.1) is 0 Å². The Balaban J connectivity index is 1.86. The Morgan fingerprint density at radius 2 is 2.09 bits per heavy atom. The van der Waals surface area contributed by atoms with Crippen LogP contribution in [0.5, 0.6) is 0 Å². The molecule has 7 heteroatoms. The smallest absolute Gasteiger partial charge is 0.271 e. The highest BCUT2D eigenvalue weighted by atomic mass is 16.6. The molecule has 0 bridgehead atoms. The molecule has 2 aromatic carbocycles. The van der Waals surface area contributed by atoms with Crippen molar-refractivity contribution in [3.63, 3.8) is 0 Å². The molecule has 3 aromatic rings. The minimum atomic E-state index is -0.514. The number of nitrogens with zero attached hydrogens (tertiary/aromatic N) is 2. The number of aryl methyl sites for hydroxylation is 1. The Labute approximate surface area is 124 Å². The van der Waals surface area contributed by atoms with Gasteiger partial charge in [0.05, 0.1) is 4.92 Å². The van der Waals surface area contributed by atoms with Crippen LogP contribution >= 0.6 is 0 Å². The number of rotatable bonds is 3. The molecular weight excluding hydrogens is 286 g/mol. The lowest BCUT2D eigenvalue weighted by atomic mass is 10.2. The molecule has 22 heavy (non-hydrogen) atoms. The molecule has 7 nitrogen and oxygen atoms in total. The molecule has 0 aliphatic carbocycles. The Morgan fingerprint density at radius 1 is 1.27 bits per heavy atom. The van der Waals surface area contributed by atoms with E-state index in [1.165, 1.54) is 18.2 Å². The number of non-ortho nitro benzene ring substituents is 1. The Hall–Kier alpha value is -3.22. The van der Waals surface area contributed by atoms with Gasteiger partial charge in [0.2, 0.25) is 0 Å². The van der Waals surface area contributed by atoms with E-state index in [0.717, 1.165) is 0 Å². The number of oxazole rings is 1. The number of hydrogen-bond donors (Lipinski definition) is 1. The molecule has 0 aliphatic heterocycles. The maximum absolute atomic E-state index is 12.2. The summed E-state index contributed by atoms with van der Waals surface area (Å²) in [4.78, 5) is 26.6. The molecule has 0 aliphatic rings. The summed E-state index contributed by atoms with van der Waals surface area (Å²) < 4.78 is 5.35. The highest BCUT2D eigenvalue weighted by molar-refractivity contribution is 6.05. The summed E-state index contributed by atoms with van der Waals surface area (Å²) in [5.74, 6) is 0.147. The van der Waals surface area contributed by atoms with E-state index in [-0.39, 0.29) is 11.6 Å². The minimum absolute atomic E-state index is 0.0830. The first-order valence-electron chi connectivity index (χ1n) is 6.46. The normalized spacial score (nSPS) is 10.6. The van der Waals surface area contributed by atoms with Crippen molar-refractivity contribution in [2.24, 2.45) is 0 Å². The number of aromatic nitrogens is 1. The number of nitro benzene ring substituents is 1. The van der Waals surface area contributed by atoms with Gasteiger partial charge < -0.3 is 9.73 Å². The van der Waals surface area contributed by atoms with Crippen molar-refractivity contribution in [3.8, 4) is 0 Å². The molecule has 0 saturated heterocycles. The molecule has 0 unspecified atom stereocenters. The molecule has 1 N–H and O–H groups in total. The van der Waals surface area contributed by atoms with Gasteiger partial charge in [-0.2, -0.15) is 0 Å². The second kappa shape index (κ2) is 5.28. The third kappa shape index (κ3) is 2.64. The molecule has 0 spiro atoms. The van der Waals surface area contributed by atoms with Gasteiger partial charge in [0.15, 0.2) is 11.5 Å². The van der Waals surface area contributed by atoms with Crippen LogP contribution < -0.4 is 5.32 Å². The zero-order valence-corrected chi connectivity index (χ0v) is 11.6. The first kappa shape index (κ1) is 13.7. The summed E-state index contributed by atoms with van der Waals surface area (Å²) in [5.41, 5.74) is 1.86. The third-order valence-electron chi connectivity index (χ3n) is 3.07. The first-order valence-corrected chi connectivity index (χ1v) is 6.46. The van der Waals surface area contributed by atoms with Gasteiger partial charge >= 0.3 is 0 Å². The average Bonchev–Trinajstić information content (AvgIpc) is 2.86. The predicted octanol–water partition coefficient (Wildman–Crippen LogP) is 3.30. The van der Waals surface area contributed by atoms with Gasteiger partial charge in [-0.3, -0.25) is 14.9 Å². The molecule has 3 rings (SSSR count). The van der Waals surface area contributed by atoms with E-state index >= 15 is 0 Å². The molecule has 110 valence electrons. The number of nitrogens with one attached hydrogen (secondary N) is 1. The van der Waals surface area contributed by atoms with E-state index < -0.39 is 4.92 Å². The van der Waals surface area contributed by atoms with E-state index in [0.29, 0.717) is 28.2 Å². The molecule has 0 radical (unpaired) electrons. The largest absolute Gasteiger partial charge is 0.441 e. The van der Waals surface area contributed by atoms with Crippen molar-refractivity contribution in [2.45, 2.75) is 6.92 Å². The second-order valence-electron chi connectivity index (χ2n) is 4.68.